The number of amides is 1. The lowest BCUT2D eigenvalue weighted by molar-refractivity contribution is 0.0488. The van der Waals surface area contributed by atoms with Crippen LogP contribution in [0.1, 0.15) is 19.8 Å². The molecule has 2 atom stereocenters. The summed E-state index contributed by atoms with van der Waals surface area (Å²) in [5.74, 6) is 0. The van der Waals surface area contributed by atoms with Gasteiger partial charge in [-0.25, -0.2) is 4.79 Å². The number of rotatable bonds is 0. The molecule has 1 aliphatic rings. The number of nitrogens with zero attached hydrogens (tertiary/aromatic N) is 1. The Bertz CT molecular complexity index is 160. The van der Waals surface area contributed by atoms with E-state index in [0.717, 1.165) is 0 Å². The summed E-state index contributed by atoms with van der Waals surface area (Å²) in [6, 6.07) is -0.0451. The molecule has 0 aromatic rings. The molecule has 0 aliphatic carbocycles. The molecule has 0 spiro atoms. The molecular formula is C7H13NO3. The third-order valence-electron chi connectivity index (χ3n) is 2.09. The number of hydrogen-bond acceptors (Lipinski definition) is 2. The summed E-state index contributed by atoms with van der Waals surface area (Å²) < 4.78 is 0. The summed E-state index contributed by atoms with van der Waals surface area (Å²) in [4.78, 5) is 11.9. The molecule has 4 heteroatoms. The maximum Gasteiger partial charge on any atom is 0.407 e. The third kappa shape index (κ3) is 1.83. The molecule has 64 valence electrons. The van der Waals surface area contributed by atoms with Crippen LogP contribution in [-0.4, -0.2) is 39.9 Å². The Morgan fingerprint density at radius 3 is 2.73 bits per heavy atom. The molecule has 0 unspecified atom stereocenters. The average Bonchev–Trinajstić information content (AvgIpc) is 1.85. The molecule has 0 aromatic heterocycles. The quantitative estimate of drug-likeness (QED) is 0.541. The van der Waals surface area contributed by atoms with Crippen LogP contribution in [0.25, 0.3) is 0 Å². The van der Waals surface area contributed by atoms with Crippen molar-refractivity contribution in [3.05, 3.63) is 0 Å². The number of carbonyl (C=O) groups is 1. The fourth-order valence-electron chi connectivity index (χ4n) is 1.43. The maximum absolute atomic E-state index is 10.5. The second-order valence-corrected chi connectivity index (χ2v) is 3.00. The predicted molar refractivity (Wildman–Crippen MR) is 39.4 cm³/mol. The van der Waals surface area contributed by atoms with Crippen molar-refractivity contribution in [2.75, 3.05) is 6.54 Å². The van der Waals surface area contributed by atoms with Crippen LogP contribution in [0.5, 0.6) is 0 Å². The number of hydrogen-bond donors (Lipinski definition) is 2. The maximum atomic E-state index is 10.5. The van der Waals surface area contributed by atoms with Crippen LogP contribution in [0, 0.1) is 0 Å². The highest BCUT2D eigenvalue weighted by Crippen LogP contribution is 2.16. The molecule has 1 fully saturated rings. The second-order valence-electron chi connectivity index (χ2n) is 3.00. The van der Waals surface area contributed by atoms with Gasteiger partial charge in [0.15, 0.2) is 0 Å². The van der Waals surface area contributed by atoms with Crippen LogP contribution in [0.4, 0.5) is 4.79 Å². The van der Waals surface area contributed by atoms with E-state index in [4.69, 9.17) is 10.2 Å². The molecule has 1 heterocycles. The van der Waals surface area contributed by atoms with E-state index in [-0.39, 0.29) is 12.1 Å². The third-order valence-corrected chi connectivity index (χ3v) is 2.09. The van der Waals surface area contributed by atoms with E-state index >= 15 is 0 Å². The first-order valence-corrected chi connectivity index (χ1v) is 3.79. The van der Waals surface area contributed by atoms with Crippen LogP contribution in [0.3, 0.4) is 0 Å². The van der Waals surface area contributed by atoms with Crippen LogP contribution in [0.2, 0.25) is 0 Å². The van der Waals surface area contributed by atoms with Crippen molar-refractivity contribution in [3.8, 4) is 0 Å². The molecule has 4 nitrogen and oxygen atoms in total. The Labute approximate surface area is 65.4 Å². The fraction of sp³-hybridized carbons (Fsp3) is 0.857. The van der Waals surface area contributed by atoms with Crippen LogP contribution in [-0.2, 0) is 0 Å². The Morgan fingerprint density at radius 2 is 2.27 bits per heavy atom. The van der Waals surface area contributed by atoms with Crippen molar-refractivity contribution in [2.45, 2.75) is 31.9 Å². The summed E-state index contributed by atoms with van der Waals surface area (Å²) in [6.07, 6.45) is -0.0758. The summed E-state index contributed by atoms with van der Waals surface area (Å²) >= 11 is 0. The average molecular weight is 159 g/mol. The molecule has 11 heavy (non-hydrogen) atoms. The zero-order valence-electron chi connectivity index (χ0n) is 6.53. The Balaban J connectivity index is 2.50. The minimum atomic E-state index is -0.885. The lowest BCUT2D eigenvalue weighted by Gasteiger charge is -2.33. The van der Waals surface area contributed by atoms with Crippen LogP contribution >= 0.6 is 0 Å². The number of carboxylic acid groups (broad SMARTS) is 1. The highest BCUT2D eigenvalue weighted by molar-refractivity contribution is 5.65. The van der Waals surface area contributed by atoms with Gasteiger partial charge in [-0.15, -0.1) is 0 Å². The van der Waals surface area contributed by atoms with Crippen molar-refractivity contribution < 1.29 is 15.0 Å². The van der Waals surface area contributed by atoms with E-state index in [1.165, 1.54) is 4.90 Å². The molecule has 0 bridgehead atoms. The standard InChI is InChI=1S/C7H13NO3/c1-5-4-6(9)2-3-8(5)7(10)11/h5-6,9H,2-4H2,1H3,(H,10,11)/t5-,6-/m1/s1. The smallest absolute Gasteiger partial charge is 0.407 e. The summed E-state index contributed by atoms with van der Waals surface area (Å²) in [6.45, 7) is 2.27. The van der Waals surface area contributed by atoms with E-state index in [9.17, 15) is 4.79 Å². The predicted octanol–water partition coefficient (Wildman–Crippen LogP) is 0.510. The Kier molecular flexibility index (Phi) is 2.34. The number of aliphatic hydroxyl groups is 1. The summed E-state index contributed by atoms with van der Waals surface area (Å²) in [5, 5.41) is 17.8. The van der Waals surface area contributed by atoms with Gasteiger partial charge in [0.05, 0.1) is 6.10 Å². The van der Waals surface area contributed by atoms with E-state index in [0.29, 0.717) is 19.4 Å². The highest BCUT2D eigenvalue weighted by Gasteiger charge is 2.26. The van der Waals surface area contributed by atoms with Gasteiger partial charge in [0.1, 0.15) is 0 Å². The number of piperidine rings is 1. The molecule has 1 rings (SSSR count). The molecule has 1 aliphatic heterocycles. The topological polar surface area (TPSA) is 60.8 Å². The molecular weight excluding hydrogens is 146 g/mol. The normalized spacial score (nSPS) is 32.0. The van der Waals surface area contributed by atoms with Crippen LogP contribution in [0.15, 0.2) is 0 Å². The van der Waals surface area contributed by atoms with Gasteiger partial charge in [0, 0.05) is 12.6 Å². The first kappa shape index (κ1) is 8.33. The van der Waals surface area contributed by atoms with Gasteiger partial charge < -0.3 is 15.1 Å². The van der Waals surface area contributed by atoms with Gasteiger partial charge in [-0.3, -0.25) is 0 Å². The highest BCUT2D eigenvalue weighted by atomic mass is 16.4. The van der Waals surface area contributed by atoms with E-state index in [1.807, 2.05) is 6.92 Å². The monoisotopic (exact) mass is 159 g/mol. The summed E-state index contributed by atoms with van der Waals surface area (Å²) in [5.41, 5.74) is 0. The van der Waals surface area contributed by atoms with Crippen molar-refractivity contribution in [1.29, 1.82) is 0 Å². The number of aliphatic hydroxyl groups excluding tert-OH is 1. The molecule has 0 saturated carbocycles. The molecule has 2 N–H and O–H groups in total. The lowest BCUT2D eigenvalue weighted by Crippen LogP contribution is -2.45. The van der Waals surface area contributed by atoms with Gasteiger partial charge in [0.2, 0.25) is 0 Å². The molecule has 1 amide bonds. The van der Waals surface area contributed by atoms with Crippen LogP contribution < -0.4 is 0 Å². The van der Waals surface area contributed by atoms with Gasteiger partial charge in [-0.05, 0) is 19.8 Å². The van der Waals surface area contributed by atoms with E-state index in [2.05, 4.69) is 0 Å². The first-order valence-electron chi connectivity index (χ1n) is 3.79. The second kappa shape index (κ2) is 3.09. The van der Waals surface area contributed by atoms with E-state index in [1.54, 1.807) is 0 Å². The Hall–Kier alpha value is -0.770. The minimum absolute atomic E-state index is 0.0451. The zero-order chi connectivity index (χ0) is 8.43. The summed E-state index contributed by atoms with van der Waals surface area (Å²) in [7, 11) is 0. The first-order chi connectivity index (χ1) is 5.11. The van der Waals surface area contributed by atoms with Crippen molar-refractivity contribution >= 4 is 6.09 Å². The van der Waals surface area contributed by atoms with Crippen molar-refractivity contribution in [1.82, 2.24) is 4.90 Å². The zero-order valence-corrected chi connectivity index (χ0v) is 6.53. The van der Waals surface area contributed by atoms with Gasteiger partial charge in [-0.1, -0.05) is 0 Å². The lowest BCUT2D eigenvalue weighted by atomic mass is 10.0. The SMILES string of the molecule is C[C@@H]1C[C@H](O)CCN1C(=O)O. The largest absolute Gasteiger partial charge is 0.465 e. The fourth-order valence-corrected chi connectivity index (χ4v) is 1.43. The molecule has 0 aromatic carbocycles. The number of likely N-dealkylation sites (tertiary alicyclic amines) is 1. The molecule has 1 saturated heterocycles. The van der Waals surface area contributed by atoms with Crippen molar-refractivity contribution in [3.63, 3.8) is 0 Å². The minimum Gasteiger partial charge on any atom is -0.465 e. The van der Waals surface area contributed by atoms with Gasteiger partial charge >= 0.3 is 6.09 Å². The Morgan fingerprint density at radius 1 is 1.64 bits per heavy atom. The van der Waals surface area contributed by atoms with Gasteiger partial charge in [-0.2, -0.15) is 0 Å². The molecule has 0 radical (unpaired) electrons. The van der Waals surface area contributed by atoms with Crippen molar-refractivity contribution in [2.24, 2.45) is 0 Å². The van der Waals surface area contributed by atoms with Gasteiger partial charge in [0.25, 0.3) is 0 Å². The van der Waals surface area contributed by atoms with E-state index < -0.39 is 6.09 Å².